The van der Waals surface area contributed by atoms with Crippen LogP contribution >= 0.6 is 0 Å². The summed E-state index contributed by atoms with van der Waals surface area (Å²) in [6.45, 7) is 4.23. The molecule has 1 fully saturated rings. The Morgan fingerprint density at radius 2 is 1.62 bits per heavy atom. The van der Waals surface area contributed by atoms with Crippen molar-refractivity contribution in [3.8, 4) is 0 Å². The van der Waals surface area contributed by atoms with Gasteiger partial charge < -0.3 is 4.74 Å². The highest BCUT2D eigenvalue weighted by atomic mass is 32.2. The molecule has 0 spiro atoms. The molecule has 1 heterocycles. The molecular weight excluding hydrogens is 376 g/mol. The Balaban J connectivity index is 2.11. The van der Waals surface area contributed by atoms with Gasteiger partial charge in [0.25, 0.3) is 0 Å². The molecule has 0 radical (unpaired) electrons. The third kappa shape index (κ3) is 5.75. The molecule has 1 N–H and O–H groups in total. The highest BCUT2D eigenvalue weighted by Gasteiger charge is 2.25. The lowest BCUT2D eigenvalue weighted by Gasteiger charge is -2.20. The van der Waals surface area contributed by atoms with Crippen LogP contribution in [-0.2, 0) is 24.8 Å². The average molecular weight is 405 g/mol. The van der Waals surface area contributed by atoms with E-state index in [2.05, 4.69) is 4.36 Å². The third-order valence-corrected chi connectivity index (χ3v) is 7.58. The second-order valence-electron chi connectivity index (χ2n) is 6.19. The third-order valence-electron chi connectivity index (χ3n) is 4.25. The Labute approximate surface area is 156 Å². The standard InChI is InChI=1S/C17H28N2O5S2/c1-2-24-15-7-12-18-25(20,21)16-8-10-17(11-9-16)26(22,23)19-13-5-3-4-6-14-19/h8-11H,2-7,12-15H2,1H3,(H,18,20,21). The Kier molecular flexibility index (Phi) is 8.03. The van der Waals surface area contributed by atoms with E-state index in [0.29, 0.717) is 32.7 Å². The Morgan fingerprint density at radius 1 is 1.04 bits per heavy atom. The molecule has 1 atom stereocenters. The molecular formula is C17H28N2O5S2. The van der Waals surface area contributed by atoms with Gasteiger partial charge in [0, 0.05) is 26.3 Å². The van der Waals surface area contributed by atoms with Crippen molar-refractivity contribution in [1.82, 2.24) is 4.31 Å². The van der Waals surface area contributed by atoms with Crippen LogP contribution in [0.5, 0.6) is 0 Å². The molecule has 0 amide bonds. The van der Waals surface area contributed by atoms with E-state index < -0.39 is 20.0 Å². The van der Waals surface area contributed by atoms with Crippen molar-refractivity contribution in [2.24, 2.45) is 4.36 Å². The van der Waals surface area contributed by atoms with Gasteiger partial charge >= 0.3 is 0 Å². The largest absolute Gasteiger partial charge is 0.382 e. The molecule has 26 heavy (non-hydrogen) atoms. The fourth-order valence-corrected chi connectivity index (χ4v) is 5.33. The molecule has 1 aliphatic heterocycles. The van der Waals surface area contributed by atoms with Crippen molar-refractivity contribution < 1.29 is 21.9 Å². The van der Waals surface area contributed by atoms with Crippen LogP contribution < -0.4 is 0 Å². The van der Waals surface area contributed by atoms with Crippen LogP contribution in [0.25, 0.3) is 0 Å². The highest BCUT2D eigenvalue weighted by molar-refractivity contribution is 7.89. The minimum absolute atomic E-state index is 0.115. The number of sulfonamides is 1. The zero-order chi connectivity index (χ0) is 19.0. The van der Waals surface area contributed by atoms with E-state index in [4.69, 9.17) is 4.74 Å². The predicted molar refractivity (Wildman–Crippen MR) is 101 cm³/mol. The lowest BCUT2D eigenvalue weighted by atomic mass is 10.2. The van der Waals surface area contributed by atoms with Crippen molar-refractivity contribution in [3.63, 3.8) is 0 Å². The van der Waals surface area contributed by atoms with Crippen molar-refractivity contribution >= 4 is 20.0 Å². The molecule has 0 aliphatic carbocycles. The van der Waals surface area contributed by atoms with Gasteiger partial charge in [0.15, 0.2) is 10.0 Å². The van der Waals surface area contributed by atoms with Gasteiger partial charge in [0.05, 0.1) is 16.3 Å². The number of rotatable bonds is 8. The van der Waals surface area contributed by atoms with Crippen LogP contribution in [0.1, 0.15) is 39.0 Å². The maximum absolute atomic E-state index is 12.7. The minimum Gasteiger partial charge on any atom is -0.382 e. The molecule has 0 bridgehead atoms. The van der Waals surface area contributed by atoms with E-state index in [1.807, 2.05) is 6.92 Å². The molecule has 9 heteroatoms. The summed E-state index contributed by atoms with van der Waals surface area (Å²) in [5.74, 6) is 0. The summed E-state index contributed by atoms with van der Waals surface area (Å²) in [5, 5.41) is 0. The Morgan fingerprint density at radius 3 is 2.19 bits per heavy atom. The van der Waals surface area contributed by atoms with Gasteiger partial charge in [-0.3, -0.25) is 4.55 Å². The van der Waals surface area contributed by atoms with Crippen LogP contribution in [0.15, 0.2) is 38.4 Å². The molecule has 148 valence electrons. The van der Waals surface area contributed by atoms with Crippen LogP contribution in [0.2, 0.25) is 0 Å². The zero-order valence-corrected chi connectivity index (χ0v) is 16.8. The Hall–Kier alpha value is -1.00. The lowest BCUT2D eigenvalue weighted by molar-refractivity contribution is 0.146. The van der Waals surface area contributed by atoms with E-state index >= 15 is 0 Å². The predicted octanol–water partition coefficient (Wildman–Crippen LogP) is 2.98. The smallest absolute Gasteiger partial charge is 0.243 e. The average Bonchev–Trinajstić information content (AvgIpc) is 2.91. The highest BCUT2D eigenvalue weighted by Crippen LogP contribution is 2.22. The van der Waals surface area contributed by atoms with Crippen LogP contribution in [0, 0.1) is 0 Å². The van der Waals surface area contributed by atoms with Gasteiger partial charge in [-0.05, 0) is 50.5 Å². The molecule has 1 unspecified atom stereocenters. The van der Waals surface area contributed by atoms with E-state index in [1.54, 1.807) is 0 Å². The first-order valence-electron chi connectivity index (χ1n) is 9.01. The zero-order valence-electron chi connectivity index (χ0n) is 15.2. The van der Waals surface area contributed by atoms with Crippen molar-refractivity contribution in [1.29, 1.82) is 0 Å². The summed E-state index contributed by atoms with van der Waals surface area (Å²) >= 11 is 0. The number of hydrogen-bond donors (Lipinski definition) is 1. The summed E-state index contributed by atoms with van der Waals surface area (Å²) in [6.07, 6.45) is 4.38. The van der Waals surface area contributed by atoms with Crippen molar-refractivity contribution in [2.45, 2.75) is 48.8 Å². The topological polar surface area (TPSA) is 96.3 Å². The van der Waals surface area contributed by atoms with E-state index in [0.717, 1.165) is 25.7 Å². The molecule has 0 saturated carbocycles. The van der Waals surface area contributed by atoms with Crippen LogP contribution in [-0.4, -0.2) is 54.3 Å². The van der Waals surface area contributed by atoms with Crippen LogP contribution in [0.4, 0.5) is 0 Å². The van der Waals surface area contributed by atoms with E-state index in [9.17, 15) is 17.2 Å². The summed E-state index contributed by atoms with van der Waals surface area (Å²) < 4.78 is 58.4. The van der Waals surface area contributed by atoms with Gasteiger partial charge in [-0.1, -0.05) is 12.8 Å². The maximum Gasteiger partial charge on any atom is 0.243 e. The first-order chi connectivity index (χ1) is 12.4. The van der Waals surface area contributed by atoms with Gasteiger partial charge in [0.1, 0.15) is 0 Å². The number of benzene rings is 1. The van der Waals surface area contributed by atoms with E-state index in [-0.39, 0.29) is 16.3 Å². The molecule has 1 aromatic carbocycles. The van der Waals surface area contributed by atoms with Gasteiger partial charge in [0.2, 0.25) is 10.0 Å². The first-order valence-corrected chi connectivity index (χ1v) is 11.9. The monoisotopic (exact) mass is 404 g/mol. The lowest BCUT2D eigenvalue weighted by Crippen LogP contribution is -2.31. The maximum atomic E-state index is 12.7. The number of ether oxygens (including phenoxy) is 1. The minimum atomic E-state index is -3.56. The van der Waals surface area contributed by atoms with Gasteiger partial charge in [-0.2, -0.15) is 4.31 Å². The second-order valence-corrected chi connectivity index (χ2v) is 9.85. The fourth-order valence-electron chi connectivity index (χ4n) is 2.79. The molecule has 2 rings (SSSR count). The summed E-state index contributed by atoms with van der Waals surface area (Å²) in [7, 11) is -7.09. The normalized spacial score (nSPS) is 18.8. The summed E-state index contributed by atoms with van der Waals surface area (Å²) in [4.78, 5) is 0.262. The van der Waals surface area contributed by atoms with Crippen LogP contribution in [0.3, 0.4) is 0 Å². The quantitative estimate of drug-likeness (QED) is 0.672. The molecule has 7 nitrogen and oxygen atoms in total. The first kappa shape index (κ1) is 21.3. The second kappa shape index (κ2) is 9.80. The SMILES string of the molecule is CCOCCCN=S(=O)(O)c1ccc(S(=O)(=O)N2CCCCCC2)cc1. The molecule has 1 aliphatic rings. The fraction of sp³-hybridized carbons (Fsp3) is 0.647. The van der Waals surface area contributed by atoms with Crippen molar-refractivity contribution in [3.05, 3.63) is 24.3 Å². The molecule has 0 aromatic heterocycles. The number of hydrogen-bond acceptors (Lipinski definition) is 5. The van der Waals surface area contributed by atoms with E-state index in [1.165, 1.54) is 28.6 Å². The summed E-state index contributed by atoms with van der Waals surface area (Å²) in [5.41, 5.74) is 0. The Bertz CT molecular complexity index is 776. The number of nitrogens with zero attached hydrogens (tertiary/aromatic N) is 2. The molecule has 1 aromatic rings. The molecule has 1 saturated heterocycles. The van der Waals surface area contributed by atoms with Gasteiger partial charge in [-0.25, -0.2) is 17.0 Å². The summed E-state index contributed by atoms with van der Waals surface area (Å²) in [6, 6.07) is 5.53. The van der Waals surface area contributed by atoms with Gasteiger partial charge in [-0.15, -0.1) is 0 Å². The van der Waals surface area contributed by atoms with Crippen molar-refractivity contribution in [2.75, 3.05) is 32.8 Å².